The largest absolute Gasteiger partial charge is 0.478 e. The molecule has 2 aromatic rings. The van der Waals surface area contributed by atoms with Crippen LogP contribution in [0, 0.1) is 0 Å². The zero-order chi connectivity index (χ0) is 16.1. The van der Waals surface area contributed by atoms with Gasteiger partial charge in [-0.2, -0.15) is 0 Å². The molecule has 1 aromatic carbocycles. The van der Waals surface area contributed by atoms with Crippen molar-refractivity contribution in [2.45, 2.75) is 24.7 Å². The van der Waals surface area contributed by atoms with E-state index < -0.39 is 17.0 Å². The number of carboxylic acids is 1. The van der Waals surface area contributed by atoms with Crippen molar-refractivity contribution in [2.24, 2.45) is 0 Å². The maximum absolute atomic E-state index is 11.6. The van der Waals surface area contributed by atoms with Gasteiger partial charge in [0, 0.05) is 12.2 Å². The Kier molecular flexibility index (Phi) is 5.35. The van der Waals surface area contributed by atoms with Crippen LogP contribution in [0.3, 0.4) is 0 Å². The first-order chi connectivity index (χ1) is 10.5. The summed E-state index contributed by atoms with van der Waals surface area (Å²) in [5.41, 5.74) is 0.833. The minimum Gasteiger partial charge on any atom is -0.478 e. The summed E-state index contributed by atoms with van der Waals surface area (Å²) in [5.74, 6) is -0.746. The van der Waals surface area contributed by atoms with Gasteiger partial charge < -0.3 is 19.4 Å². The van der Waals surface area contributed by atoms with Crippen molar-refractivity contribution >= 4 is 22.7 Å². The topological polar surface area (TPSA) is 99.8 Å². The quantitative estimate of drug-likeness (QED) is 0.533. The maximum Gasteiger partial charge on any atom is 0.335 e. The molecule has 0 saturated heterocycles. The second-order valence-electron chi connectivity index (χ2n) is 4.71. The molecule has 7 heteroatoms. The SMILES string of the molecule is CCCCNc1cc(C(=O)O)cc(S(=O)O)c1-c1ccco1. The van der Waals surface area contributed by atoms with E-state index in [2.05, 4.69) is 5.32 Å². The van der Waals surface area contributed by atoms with Gasteiger partial charge in [-0.25, -0.2) is 9.00 Å². The van der Waals surface area contributed by atoms with E-state index >= 15 is 0 Å². The number of aromatic carboxylic acids is 1. The molecule has 1 atom stereocenters. The predicted molar refractivity (Wildman–Crippen MR) is 83.5 cm³/mol. The van der Waals surface area contributed by atoms with Gasteiger partial charge in [0.1, 0.15) is 5.76 Å². The van der Waals surface area contributed by atoms with E-state index in [-0.39, 0.29) is 10.5 Å². The minimum absolute atomic E-state index is 0.00819. The third kappa shape index (κ3) is 3.55. The highest BCUT2D eigenvalue weighted by molar-refractivity contribution is 7.79. The van der Waals surface area contributed by atoms with Gasteiger partial charge in [0.2, 0.25) is 0 Å². The molecule has 0 bridgehead atoms. The van der Waals surface area contributed by atoms with Crippen LogP contribution in [0.5, 0.6) is 0 Å². The van der Waals surface area contributed by atoms with Gasteiger partial charge in [-0.3, -0.25) is 0 Å². The average Bonchev–Trinajstić information content (AvgIpc) is 3.00. The molecular weight excluding hydrogens is 306 g/mol. The van der Waals surface area contributed by atoms with Crippen LogP contribution in [0.25, 0.3) is 11.3 Å². The molecule has 1 aromatic heterocycles. The molecule has 1 unspecified atom stereocenters. The number of nitrogens with one attached hydrogen (secondary N) is 1. The second kappa shape index (κ2) is 7.24. The molecule has 0 aliphatic heterocycles. The van der Waals surface area contributed by atoms with Gasteiger partial charge in [-0.05, 0) is 30.7 Å². The van der Waals surface area contributed by atoms with Crippen LogP contribution in [0.4, 0.5) is 5.69 Å². The van der Waals surface area contributed by atoms with Gasteiger partial charge in [-0.1, -0.05) is 13.3 Å². The third-order valence-electron chi connectivity index (χ3n) is 3.15. The van der Waals surface area contributed by atoms with Crippen molar-refractivity contribution in [3.8, 4) is 11.3 Å². The Morgan fingerprint density at radius 2 is 2.18 bits per heavy atom. The molecule has 1 heterocycles. The van der Waals surface area contributed by atoms with Crippen LogP contribution in [0.1, 0.15) is 30.1 Å². The normalized spacial score (nSPS) is 12.1. The number of carboxylic acid groups (broad SMARTS) is 1. The van der Waals surface area contributed by atoms with Gasteiger partial charge in [0.05, 0.1) is 22.3 Å². The van der Waals surface area contributed by atoms with Crippen molar-refractivity contribution in [2.75, 3.05) is 11.9 Å². The first kappa shape index (κ1) is 16.3. The van der Waals surface area contributed by atoms with Crippen LogP contribution in [0.15, 0.2) is 39.8 Å². The Labute approximate surface area is 130 Å². The molecule has 0 aliphatic rings. The lowest BCUT2D eigenvalue weighted by molar-refractivity contribution is 0.0696. The van der Waals surface area contributed by atoms with Crippen molar-refractivity contribution in [3.05, 3.63) is 36.1 Å². The summed E-state index contributed by atoms with van der Waals surface area (Å²) in [4.78, 5) is 11.2. The Morgan fingerprint density at radius 1 is 1.41 bits per heavy atom. The number of anilines is 1. The summed E-state index contributed by atoms with van der Waals surface area (Å²) in [6, 6.07) is 5.98. The highest BCUT2D eigenvalue weighted by Crippen LogP contribution is 2.35. The van der Waals surface area contributed by atoms with E-state index in [1.54, 1.807) is 12.1 Å². The number of hydrogen-bond donors (Lipinski definition) is 3. The Hall–Kier alpha value is -2.12. The molecule has 0 radical (unpaired) electrons. The lowest BCUT2D eigenvalue weighted by Crippen LogP contribution is -2.08. The van der Waals surface area contributed by atoms with Crippen LogP contribution in [0.2, 0.25) is 0 Å². The first-order valence-electron chi connectivity index (χ1n) is 6.84. The molecule has 0 fully saturated rings. The summed E-state index contributed by atoms with van der Waals surface area (Å²) in [7, 11) is 0. The smallest absolute Gasteiger partial charge is 0.335 e. The molecular formula is C15H17NO5S. The Morgan fingerprint density at radius 3 is 2.73 bits per heavy atom. The second-order valence-corrected chi connectivity index (χ2v) is 5.65. The fourth-order valence-electron chi connectivity index (χ4n) is 2.09. The van der Waals surface area contributed by atoms with Crippen LogP contribution in [-0.4, -0.2) is 26.4 Å². The van der Waals surface area contributed by atoms with E-state index in [0.29, 0.717) is 23.6 Å². The average molecular weight is 323 g/mol. The van der Waals surface area contributed by atoms with Crippen molar-refractivity contribution in [1.82, 2.24) is 0 Å². The summed E-state index contributed by atoms with van der Waals surface area (Å²) >= 11 is -2.33. The first-order valence-corrected chi connectivity index (χ1v) is 7.95. The predicted octanol–water partition coefficient (Wildman–Crippen LogP) is 3.44. The van der Waals surface area contributed by atoms with Crippen LogP contribution >= 0.6 is 0 Å². The van der Waals surface area contributed by atoms with Gasteiger partial charge in [0.25, 0.3) is 0 Å². The molecule has 2 rings (SSSR count). The maximum atomic E-state index is 11.6. The van der Waals surface area contributed by atoms with E-state index in [9.17, 15) is 18.7 Å². The molecule has 3 N–H and O–H groups in total. The van der Waals surface area contributed by atoms with Crippen LogP contribution in [-0.2, 0) is 11.1 Å². The number of carbonyl (C=O) groups is 1. The van der Waals surface area contributed by atoms with E-state index in [0.717, 1.165) is 12.8 Å². The molecule has 0 amide bonds. The lowest BCUT2D eigenvalue weighted by Gasteiger charge is -2.14. The molecule has 0 saturated carbocycles. The van der Waals surface area contributed by atoms with Crippen molar-refractivity contribution in [1.29, 1.82) is 0 Å². The van der Waals surface area contributed by atoms with E-state index in [4.69, 9.17) is 4.42 Å². The molecule has 6 nitrogen and oxygen atoms in total. The van der Waals surface area contributed by atoms with Gasteiger partial charge >= 0.3 is 5.97 Å². The molecule has 118 valence electrons. The zero-order valence-electron chi connectivity index (χ0n) is 12.0. The monoisotopic (exact) mass is 323 g/mol. The molecule has 0 aliphatic carbocycles. The fourth-order valence-corrected chi connectivity index (χ4v) is 2.70. The highest BCUT2D eigenvalue weighted by atomic mass is 32.2. The fraction of sp³-hybridized carbons (Fsp3) is 0.267. The Bertz CT molecular complexity index is 681. The Balaban J connectivity index is 2.59. The number of benzene rings is 1. The van der Waals surface area contributed by atoms with E-state index in [1.807, 2.05) is 6.92 Å². The summed E-state index contributed by atoms with van der Waals surface area (Å²) in [6.07, 6.45) is 3.33. The molecule has 0 spiro atoms. The highest BCUT2D eigenvalue weighted by Gasteiger charge is 2.20. The number of hydrogen-bond acceptors (Lipinski definition) is 4. The number of unbranched alkanes of at least 4 members (excludes halogenated alkanes) is 1. The standard InChI is InChI=1S/C15H17NO5S/c1-2-3-6-16-11-8-10(15(17)18)9-13(22(19)20)14(11)12-5-4-7-21-12/h4-5,7-9,16H,2-3,6H2,1H3,(H,17,18)(H,19,20). The third-order valence-corrected chi connectivity index (χ3v) is 3.85. The van der Waals surface area contributed by atoms with Crippen molar-refractivity contribution < 1.29 is 23.1 Å². The zero-order valence-corrected chi connectivity index (χ0v) is 12.9. The number of furan rings is 1. The summed E-state index contributed by atoms with van der Waals surface area (Å²) in [5, 5.41) is 12.3. The van der Waals surface area contributed by atoms with Crippen molar-refractivity contribution in [3.63, 3.8) is 0 Å². The lowest BCUT2D eigenvalue weighted by atomic mass is 10.1. The summed E-state index contributed by atoms with van der Waals surface area (Å²) in [6.45, 7) is 2.67. The van der Waals surface area contributed by atoms with Gasteiger partial charge in [0.15, 0.2) is 11.1 Å². The minimum atomic E-state index is -2.33. The number of rotatable bonds is 7. The molecule has 22 heavy (non-hydrogen) atoms. The van der Waals surface area contributed by atoms with E-state index in [1.165, 1.54) is 18.4 Å². The van der Waals surface area contributed by atoms with Gasteiger partial charge in [-0.15, -0.1) is 0 Å². The summed E-state index contributed by atoms with van der Waals surface area (Å²) < 4.78 is 26.5. The van der Waals surface area contributed by atoms with Crippen LogP contribution < -0.4 is 5.32 Å².